The zero-order chi connectivity index (χ0) is 20.3. The Morgan fingerprint density at radius 3 is 2.57 bits per heavy atom. The van der Waals surface area contributed by atoms with Gasteiger partial charge in [0.1, 0.15) is 0 Å². The number of anilines is 2. The van der Waals surface area contributed by atoms with Crippen LogP contribution in [0.2, 0.25) is 0 Å². The van der Waals surface area contributed by atoms with Crippen molar-refractivity contribution in [2.75, 3.05) is 29.0 Å². The molecule has 1 saturated heterocycles. The van der Waals surface area contributed by atoms with Crippen LogP contribution in [0.5, 0.6) is 0 Å². The summed E-state index contributed by atoms with van der Waals surface area (Å²) >= 11 is 0. The molecule has 148 valence electrons. The van der Waals surface area contributed by atoms with E-state index in [0.717, 1.165) is 12.0 Å². The summed E-state index contributed by atoms with van der Waals surface area (Å²) in [5.41, 5.74) is 2.16. The molecule has 0 radical (unpaired) electrons. The molecule has 2 aromatic rings. The maximum atomic E-state index is 12.8. The first kappa shape index (κ1) is 19.9. The van der Waals surface area contributed by atoms with Crippen LogP contribution in [-0.4, -0.2) is 39.7 Å². The average molecular weight is 402 g/mol. The van der Waals surface area contributed by atoms with E-state index in [4.69, 9.17) is 4.74 Å². The highest BCUT2D eigenvalue weighted by Gasteiger charge is 2.27. The van der Waals surface area contributed by atoms with Crippen LogP contribution in [0.1, 0.15) is 39.1 Å². The minimum Gasteiger partial charge on any atom is -0.465 e. The number of nitrogens with one attached hydrogen (secondary N) is 1. The molecule has 0 spiro atoms. The maximum Gasteiger partial charge on any atom is 0.339 e. The van der Waals surface area contributed by atoms with Gasteiger partial charge in [-0.25, -0.2) is 13.2 Å². The smallest absolute Gasteiger partial charge is 0.339 e. The SMILES string of the molecule is COC(=O)c1ccccc1NC(=O)c1ccc(C)c(N2CCCCS2(=O)=O)c1. The van der Waals surface area contributed by atoms with Gasteiger partial charge in [-0.15, -0.1) is 0 Å². The molecule has 1 aliphatic heterocycles. The van der Waals surface area contributed by atoms with Gasteiger partial charge in [-0.05, 0) is 49.6 Å². The molecular weight excluding hydrogens is 380 g/mol. The zero-order valence-corrected chi connectivity index (χ0v) is 16.6. The van der Waals surface area contributed by atoms with Gasteiger partial charge in [-0.1, -0.05) is 18.2 Å². The molecule has 0 aliphatic carbocycles. The largest absolute Gasteiger partial charge is 0.465 e. The molecule has 0 aromatic heterocycles. The number of hydrogen-bond acceptors (Lipinski definition) is 5. The van der Waals surface area contributed by atoms with Gasteiger partial charge in [-0.2, -0.15) is 0 Å². The lowest BCUT2D eigenvalue weighted by Crippen LogP contribution is -2.38. The Hall–Kier alpha value is -2.87. The number of sulfonamides is 1. The van der Waals surface area contributed by atoms with Crippen molar-refractivity contribution in [1.82, 2.24) is 0 Å². The highest BCUT2D eigenvalue weighted by atomic mass is 32.2. The van der Waals surface area contributed by atoms with E-state index in [1.165, 1.54) is 11.4 Å². The molecule has 2 aromatic carbocycles. The van der Waals surface area contributed by atoms with Gasteiger partial charge in [-0.3, -0.25) is 9.10 Å². The molecule has 0 atom stereocenters. The van der Waals surface area contributed by atoms with Crippen LogP contribution in [0.25, 0.3) is 0 Å². The summed E-state index contributed by atoms with van der Waals surface area (Å²) in [6.45, 7) is 2.22. The third kappa shape index (κ3) is 4.01. The predicted molar refractivity (Wildman–Crippen MR) is 107 cm³/mol. The van der Waals surface area contributed by atoms with Crippen LogP contribution >= 0.6 is 0 Å². The fraction of sp³-hybridized carbons (Fsp3) is 0.300. The topological polar surface area (TPSA) is 92.8 Å². The first-order valence-corrected chi connectivity index (χ1v) is 10.5. The van der Waals surface area contributed by atoms with Crippen molar-refractivity contribution in [3.8, 4) is 0 Å². The molecule has 0 saturated carbocycles. The van der Waals surface area contributed by atoms with Crippen LogP contribution in [0.15, 0.2) is 42.5 Å². The predicted octanol–water partition coefficient (Wildman–Crippen LogP) is 2.96. The fourth-order valence-corrected chi connectivity index (χ4v) is 4.85. The summed E-state index contributed by atoms with van der Waals surface area (Å²) in [6.07, 6.45) is 1.42. The molecule has 1 aliphatic rings. The van der Waals surface area contributed by atoms with Gasteiger partial charge in [0.25, 0.3) is 5.91 Å². The minimum absolute atomic E-state index is 0.107. The van der Waals surface area contributed by atoms with Crippen molar-refractivity contribution in [3.05, 3.63) is 59.2 Å². The van der Waals surface area contributed by atoms with E-state index in [0.29, 0.717) is 29.9 Å². The van der Waals surface area contributed by atoms with Crippen LogP contribution in [0.3, 0.4) is 0 Å². The molecule has 0 unspecified atom stereocenters. The molecule has 8 heteroatoms. The molecule has 1 N–H and O–H groups in total. The molecule has 0 bridgehead atoms. The number of amides is 1. The summed E-state index contributed by atoms with van der Waals surface area (Å²) in [4.78, 5) is 24.6. The van der Waals surface area contributed by atoms with E-state index in [2.05, 4.69) is 5.32 Å². The Bertz CT molecular complexity index is 1020. The molecule has 1 amide bonds. The molecule has 1 fully saturated rings. The average Bonchev–Trinajstić information content (AvgIpc) is 2.68. The van der Waals surface area contributed by atoms with E-state index in [1.54, 1.807) is 42.5 Å². The number of nitrogens with zero attached hydrogens (tertiary/aromatic N) is 1. The summed E-state index contributed by atoms with van der Waals surface area (Å²) in [5, 5.41) is 2.70. The normalized spacial score (nSPS) is 15.7. The van der Waals surface area contributed by atoms with Crippen LogP contribution in [0.4, 0.5) is 11.4 Å². The van der Waals surface area contributed by atoms with Gasteiger partial charge in [0.15, 0.2) is 0 Å². The van der Waals surface area contributed by atoms with Crippen molar-refractivity contribution in [2.45, 2.75) is 19.8 Å². The number of hydrogen-bond donors (Lipinski definition) is 1. The Morgan fingerprint density at radius 1 is 1.11 bits per heavy atom. The van der Waals surface area contributed by atoms with Gasteiger partial charge in [0, 0.05) is 12.1 Å². The van der Waals surface area contributed by atoms with E-state index in [1.807, 2.05) is 6.92 Å². The second-order valence-electron chi connectivity index (χ2n) is 6.59. The minimum atomic E-state index is -3.38. The van der Waals surface area contributed by atoms with Crippen molar-refractivity contribution in [2.24, 2.45) is 0 Å². The Morgan fingerprint density at radius 2 is 1.86 bits per heavy atom. The van der Waals surface area contributed by atoms with E-state index >= 15 is 0 Å². The van der Waals surface area contributed by atoms with Gasteiger partial charge in [0.05, 0.1) is 29.8 Å². The number of carbonyl (C=O) groups is 2. The summed E-state index contributed by atoms with van der Waals surface area (Å²) in [7, 11) is -2.11. The van der Waals surface area contributed by atoms with Crippen molar-refractivity contribution in [3.63, 3.8) is 0 Å². The van der Waals surface area contributed by atoms with E-state index in [9.17, 15) is 18.0 Å². The summed E-state index contributed by atoms with van der Waals surface area (Å²) < 4.78 is 31.0. The summed E-state index contributed by atoms with van der Waals surface area (Å²) in [5.74, 6) is -0.887. The second kappa shape index (κ2) is 8.02. The maximum absolute atomic E-state index is 12.8. The van der Waals surface area contributed by atoms with Crippen LogP contribution in [-0.2, 0) is 14.8 Å². The van der Waals surface area contributed by atoms with Gasteiger partial charge in [0.2, 0.25) is 10.0 Å². The highest BCUT2D eigenvalue weighted by Crippen LogP contribution is 2.28. The third-order valence-electron chi connectivity index (χ3n) is 4.67. The quantitative estimate of drug-likeness (QED) is 0.794. The number of ether oxygens (including phenoxy) is 1. The number of methoxy groups -OCH3 is 1. The van der Waals surface area contributed by atoms with Crippen molar-refractivity contribution < 1.29 is 22.7 Å². The number of carbonyl (C=O) groups excluding carboxylic acids is 2. The molecule has 1 heterocycles. The lowest BCUT2D eigenvalue weighted by Gasteiger charge is -2.29. The molecule has 28 heavy (non-hydrogen) atoms. The number of aryl methyl sites for hydroxylation is 1. The van der Waals surface area contributed by atoms with Crippen molar-refractivity contribution >= 4 is 33.3 Å². The van der Waals surface area contributed by atoms with E-state index < -0.39 is 21.9 Å². The Balaban J connectivity index is 1.91. The Labute approximate surface area is 164 Å². The lowest BCUT2D eigenvalue weighted by atomic mass is 10.1. The fourth-order valence-electron chi connectivity index (χ4n) is 3.15. The second-order valence-corrected chi connectivity index (χ2v) is 8.60. The molecule has 3 rings (SSSR count). The third-order valence-corrected chi connectivity index (χ3v) is 6.53. The first-order chi connectivity index (χ1) is 13.3. The number of rotatable bonds is 4. The standard InChI is InChI=1S/C20H22N2O5S/c1-14-9-10-15(13-18(14)22-11-5-6-12-28(22,25)26)19(23)21-17-8-4-3-7-16(17)20(24)27-2/h3-4,7-10,13H,5-6,11-12H2,1-2H3,(H,21,23). The zero-order valence-electron chi connectivity index (χ0n) is 15.8. The Kier molecular flexibility index (Phi) is 5.69. The lowest BCUT2D eigenvalue weighted by molar-refractivity contribution is 0.0602. The summed E-state index contributed by atoms with van der Waals surface area (Å²) in [6, 6.07) is 11.5. The highest BCUT2D eigenvalue weighted by molar-refractivity contribution is 7.92. The number of esters is 1. The van der Waals surface area contributed by atoms with E-state index in [-0.39, 0.29) is 11.3 Å². The first-order valence-electron chi connectivity index (χ1n) is 8.93. The monoisotopic (exact) mass is 402 g/mol. The molecule has 7 nitrogen and oxygen atoms in total. The number of para-hydroxylation sites is 1. The van der Waals surface area contributed by atoms with Crippen molar-refractivity contribution in [1.29, 1.82) is 0 Å². The molecular formula is C20H22N2O5S. The van der Waals surface area contributed by atoms with Gasteiger partial charge >= 0.3 is 5.97 Å². The van der Waals surface area contributed by atoms with Gasteiger partial charge < -0.3 is 10.1 Å². The van der Waals surface area contributed by atoms with Crippen LogP contribution < -0.4 is 9.62 Å². The number of benzene rings is 2. The van der Waals surface area contributed by atoms with Crippen LogP contribution in [0, 0.1) is 6.92 Å².